The van der Waals surface area contributed by atoms with Gasteiger partial charge in [0.2, 0.25) is 6.41 Å². The minimum Gasteiger partial charge on any atom is -0.497 e. The summed E-state index contributed by atoms with van der Waals surface area (Å²) in [7, 11) is 1.53. The van der Waals surface area contributed by atoms with Crippen LogP contribution in [-0.2, 0) is 14.3 Å². The Labute approximate surface area is 111 Å². The van der Waals surface area contributed by atoms with Crippen molar-refractivity contribution in [2.75, 3.05) is 13.7 Å². The molecule has 1 aromatic rings. The highest BCUT2D eigenvalue weighted by atomic mass is 16.5. The Morgan fingerprint density at radius 1 is 1.42 bits per heavy atom. The van der Waals surface area contributed by atoms with Crippen LogP contribution in [0.1, 0.15) is 18.6 Å². The van der Waals surface area contributed by atoms with Crippen LogP contribution in [0.15, 0.2) is 24.3 Å². The third-order valence-electron chi connectivity index (χ3n) is 2.56. The number of carbonyl (C=O) groups is 2. The van der Waals surface area contributed by atoms with Crippen LogP contribution in [0.2, 0.25) is 0 Å². The topological polar surface area (TPSA) is 84.9 Å². The molecule has 1 amide bonds. The van der Waals surface area contributed by atoms with E-state index >= 15 is 0 Å². The second-order valence-electron chi connectivity index (χ2n) is 3.73. The van der Waals surface area contributed by atoms with Crippen LogP contribution in [0, 0.1) is 0 Å². The molecule has 6 heteroatoms. The smallest absolute Gasteiger partial charge is 0.331 e. The molecular weight excluding hydrogens is 250 g/mol. The first kappa shape index (κ1) is 15.0. The number of hydrogen-bond donors (Lipinski definition) is 2. The molecule has 0 fully saturated rings. The zero-order chi connectivity index (χ0) is 14.3. The minimum absolute atomic E-state index is 0.172. The zero-order valence-electron chi connectivity index (χ0n) is 10.8. The molecule has 2 atom stereocenters. The normalized spacial score (nSPS) is 13.2. The Bertz CT molecular complexity index is 418. The summed E-state index contributed by atoms with van der Waals surface area (Å²) in [5, 5.41) is 12.4. The summed E-state index contributed by atoms with van der Waals surface area (Å²) in [6.45, 7) is 1.82. The van der Waals surface area contributed by atoms with E-state index in [1.807, 2.05) is 0 Å². The fraction of sp³-hybridized carbons (Fsp3) is 0.385. The number of amides is 1. The third kappa shape index (κ3) is 3.96. The maximum Gasteiger partial charge on any atom is 0.331 e. The van der Waals surface area contributed by atoms with E-state index in [1.165, 1.54) is 7.11 Å². The second-order valence-corrected chi connectivity index (χ2v) is 3.73. The van der Waals surface area contributed by atoms with E-state index < -0.39 is 18.1 Å². The van der Waals surface area contributed by atoms with E-state index in [0.29, 0.717) is 17.7 Å². The van der Waals surface area contributed by atoms with Crippen LogP contribution < -0.4 is 10.1 Å². The van der Waals surface area contributed by atoms with Gasteiger partial charge in [0, 0.05) is 0 Å². The van der Waals surface area contributed by atoms with Gasteiger partial charge in [-0.15, -0.1) is 0 Å². The van der Waals surface area contributed by atoms with E-state index in [-0.39, 0.29) is 6.61 Å². The molecule has 0 aliphatic heterocycles. The Kier molecular flexibility index (Phi) is 5.81. The number of hydrogen-bond acceptors (Lipinski definition) is 5. The van der Waals surface area contributed by atoms with Gasteiger partial charge in [0.25, 0.3) is 0 Å². The number of aliphatic hydroxyl groups excluding tert-OH is 1. The molecule has 0 aromatic heterocycles. The van der Waals surface area contributed by atoms with Crippen LogP contribution in [-0.4, -0.2) is 37.2 Å². The van der Waals surface area contributed by atoms with Crippen molar-refractivity contribution >= 4 is 12.4 Å². The molecule has 104 valence electrons. The summed E-state index contributed by atoms with van der Waals surface area (Å²) in [6.07, 6.45) is -0.830. The number of rotatable bonds is 7. The number of esters is 1. The van der Waals surface area contributed by atoms with Gasteiger partial charge in [0.05, 0.1) is 13.7 Å². The number of aliphatic hydroxyl groups is 1. The molecule has 0 heterocycles. The van der Waals surface area contributed by atoms with Crippen LogP contribution in [0.25, 0.3) is 0 Å². The molecule has 0 radical (unpaired) electrons. The van der Waals surface area contributed by atoms with Crippen molar-refractivity contribution in [3.8, 4) is 5.75 Å². The van der Waals surface area contributed by atoms with Gasteiger partial charge >= 0.3 is 5.97 Å². The highest BCUT2D eigenvalue weighted by Gasteiger charge is 2.28. The fourth-order valence-corrected chi connectivity index (χ4v) is 1.59. The van der Waals surface area contributed by atoms with Crippen LogP contribution in [0.5, 0.6) is 5.75 Å². The summed E-state index contributed by atoms with van der Waals surface area (Å²) >= 11 is 0. The van der Waals surface area contributed by atoms with Gasteiger partial charge in [-0.3, -0.25) is 4.79 Å². The first-order chi connectivity index (χ1) is 9.13. The monoisotopic (exact) mass is 267 g/mol. The molecule has 0 aliphatic carbocycles. The lowest BCUT2D eigenvalue weighted by atomic mass is 10.0. The second kappa shape index (κ2) is 7.38. The molecule has 1 aromatic carbocycles. The van der Waals surface area contributed by atoms with Crippen molar-refractivity contribution in [3.63, 3.8) is 0 Å². The van der Waals surface area contributed by atoms with Crippen molar-refractivity contribution < 1.29 is 24.2 Å². The molecule has 0 saturated carbocycles. The average Bonchev–Trinajstić information content (AvgIpc) is 2.44. The summed E-state index contributed by atoms with van der Waals surface area (Å²) < 4.78 is 9.80. The molecule has 6 nitrogen and oxygen atoms in total. The fourth-order valence-electron chi connectivity index (χ4n) is 1.59. The highest BCUT2D eigenvalue weighted by Crippen LogP contribution is 2.20. The molecule has 0 aliphatic rings. The van der Waals surface area contributed by atoms with Crippen LogP contribution >= 0.6 is 0 Å². The lowest BCUT2D eigenvalue weighted by molar-refractivity contribution is -0.149. The molecule has 2 N–H and O–H groups in total. The number of ether oxygens (including phenoxy) is 2. The zero-order valence-corrected chi connectivity index (χ0v) is 10.8. The van der Waals surface area contributed by atoms with Crippen LogP contribution in [0.4, 0.5) is 0 Å². The van der Waals surface area contributed by atoms with Gasteiger partial charge in [0.1, 0.15) is 11.9 Å². The minimum atomic E-state index is -1.19. The first-order valence-corrected chi connectivity index (χ1v) is 5.82. The van der Waals surface area contributed by atoms with Crippen LogP contribution in [0.3, 0.4) is 0 Å². The highest BCUT2D eigenvalue weighted by molar-refractivity contribution is 5.79. The van der Waals surface area contributed by atoms with E-state index in [2.05, 4.69) is 5.32 Å². The van der Waals surface area contributed by atoms with Crippen molar-refractivity contribution in [1.29, 1.82) is 0 Å². The van der Waals surface area contributed by atoms with Crippen molar-refractivity contribution in [3.05, 3.63) is 29.8 Å². The van der Waals surface area contributed by atoms with Crippen molar-refractivity contribution in [2.45, 2.75) is 19.1 Å². The van der Waals surface area contributed by atoms with E-state index in [9.17, 15) is 14.7 Å². The molecular formula is C13H17NO5. The molecule has 0 spiro atoms. The maximum absolute atomic E-state index is 11.6. The summed E-state index contributed by atoms with van der Waals surface area (Å²) in [4.78, 5) is 22.2. The molecule has 0 saturated heterocycles. The Morgan fingerprint density at radius 3 is 2.53 bits per heavy atom. The van der Waals surface area contributed by atoms with E-state index in [0.717, 1.165) is 0 Å². The lowest BCUT2D eigenvalue weighted by Gasteiger charge is -2.21. The van der Waals surface area contributed by atoms with Gasteiger partial charge in [0.15, 0.2) is 6.04 Å². The Hall–Kier alpha value is -2.08. The molecule has 2 unspecified atom stereocenters. The average molecular weight is 267 g/mol. The van der Waals surface area contributed by atoms with Gasteiger partial charge in [-0.1, -0.05) is 12.1 Å². The van der Waals surface area contributed by atoms with Gasteiger partial charge < -0.3 is 19.9 Å². The van der Waals surface area contributed by atoms with Gasteiger partial charge in [-0.05, 0) is 24.6 Å². The molecule has 1 rings (SSSR count). The van der Waals surface area contributed by atoms with Gasteiger partial charge in [-0.2, -0.15) is 0 Å². The quantitative estimate of drug-likeness (QED) is 0.552. The largest absolute Gasteiger partial charge is 0.497 e. The third-order valence-corrected chi connectivity index (χ3v) is 2.56. The predicted molar refractivity (Wildman–Crippen MR) is 67.6 cm³/mol. The molecule has 19 heavy (non-hydrogen) atoms. The van der Waals surface area contributed by atoms with E-state index in [4.69, 9.17) is 9.47 Å². The standard InChI is InChI=1S/C13H17NO5/c1-3-19-13(17)11(14-8-15)12(16)9-4-6-10(18-2)7-5-9/h4-8,11-12,16H,3H2,1-2H3,(H,14,15). The van der Waals surface area contributed by atoms with Gasteiger partial charge in [-0.25, -0.2) is 4.79 Å². The first-order valence-electron chi connectivity index (χ1n) is 5.82. The van der Waals surface area contributed by atoms with E-state index in [1.54, 1.807) is 31.2 Å². The number of nitrogens with one attached hydrogen (secondary N) is 1. The predicted octanol–water partition coefficient (Wildman–Crippen LogP) is 0.406. The summed E-state index contributed by atoms with van der Waals surface area (Å²) in [5.41, 5.74) is 0.480. The number of benzene rings is 1. The number of methoxy groups -OCH3 is 1. The van der Waals surface area contributed by atoms with Crippen molar-refractivity contribution in [2.24, 2.45) is 0 Å². The summed E-state index contributed by atoms with van der Waals surface area (Å²) in [5.74, 6) is -0.0510. The maximum atomic E-state index is 11.6. The van der Waals surface area contributed by atoms with Crippen molar-refractivity contribution in [1.82, 2.24) is 5.32 Å². The Balaban J connectivity index is 2.87. The summed E-state index contributed by atoms with van der Waals surface area (Å²) in [6, 6.07) is 5.40. The lowest BCUT2D eigenvalue weighted by Crippen LogP contribution is -2.42. The number of carbonyl (C=O) groups excluding carboxylic acids is 2. The Morgan fingerprint density at radius 2 is 2.05 bits per heavy atom. The SMILES string of the molecule is CCOC(=O)C(NC=O)C(O)c1ccc(OC)cc1. The molecule has 0 bridgehead atoms.